The minimum absolute atomic E-state index is 0.00295. The first-order valence-corrected chi connectivity index (χ1v) is 9.55. The summed E-state index contributed by atoms with van der Waals surface area (Å²) in [7, 11) is 0. The second-order valence-electron chi connectivity index (χ2n) is 5.93. The first-order valence-electron chi connectivity index (χ1n) is 8.67. The summed E-state index contributed by atoms with van der Waals surface area (Å²) in [5, 5.41) is 7.94. The average Bonchev–Trinajstić information content (AvgIpc) is 3.21. The summed E-state index contributed by atoms with van der Waals surface area (Å²) in [6.45, 7) is 3.98. The fourth-order valence-corrected chi connectivity index (χ4v) is 3.05. The summed E-state index contributed by atoms with van der Waals surface area (Å²) in [5.74, 6) is 1.18. The zero-order chi connectivity index (χ0) is 18.1. The van der Waals surface area contributed by atoms with Gasteiger partial charge < -0.3 is 15.1 Å². The lowest BCUT2D eigenvalue weighted by Gasteiger charge is -2.01. The molecule has 2 amide bonds. The Kier molecular flexibility index (Phi) is 7.66. The summed E-state index contributed by atoms with van der Waals surface area (Å²) < 4.78 is 5.66. The molecule has 2 aromatic heterocycles. The smallest absolute Gasteiger partial charge is 0.226 e. The van der Waals surface area contributed by atoms with Gasteiger partial charge >= 0.3 is 0 Å². The standard InChI is InChI=1S/C18H25N3O3S/c1-3-4-5-6-7-8-17(23)21-18-20-15(12-25-18)16-10-9-14(24-16)11-19-13(2)22/h9-10,12H,3-8,11H2,1-2H3,(H,19,22)(H,20,21,23). The molecule has 0 saturated carbocycles. The molecule has 0 aliphatic carbocycles. The number of hydrogen-bond acceptors (Lipinski definition) is 5. The Bertz CT molecular complexity index is 693. The molecule has 0 radical (unpaired) electrons. The van der Waals surface area contributed by atoms with Gasteiger partial charge in [-0.15, -0.1) is 11.3 Å². The lowest BCUT2D eigenvalue weighted by Crippen LogP contribution is -2.18. The molecule has 2 aromatic rings. The molecule has 2 heterocycles. The van der Waals surface area contributed by atoms with Crippen LogP contribution in [0.5, 0.6) is 0 Å². The zero-order valence-corrected chi connectivity index (χ0v) is 15.6. The van der Waals surface area contributed by atoms with Crippen molar-refractivity contribution in [1.82, 2.24) is 10.3 Å². The first-order chi connectivity index (χ1) is 12.1. The molecule has 0 aliphatic rings. The van der Waals surface area contributed by atoms with Crippen molar-refractivity contribution in [1.29, 1.82) is 0 Å². The van der Waals surface area contributed by atoms with Gasteiger partial charge in [0.2, 0.25) is 11.8 Å². The Morgan fingerprint density at radius 1 is 1.20 bits per heavy atom. The molecular formula is C18H25N3O3S. The van der Waals surface area contributed by atoms with Crippen molar-refractivity contribution in [2.24, 2.45) is 0 Å². The third-order valence-electron chi connectivity index (χ3n) is 3.68. The number of thiazole rings is 1. The summed E-state index contributed by atoms with van der Waals surface area (Å²) in [6, 6.07) is 3.62. The SMILES string of the molecule is CCCCCCCC(=O)Nc1nc(-c2ccc(CNC(C)=O)o2)cs1. The monoisotopic (exact) mass is 363 g/mol. The van der Waals surface area contributed by atoms with Crippen molar-refractivity contribution in [3.05, 3.63) is 23.3 Å². The number of nitrogens with zero attached hydrogens (tertiary/aromatic N) is 1. The highest BCUT2D eigenvalue weighted by atomic mass is 32.1. The van der Waals surface area contributed by atoms with Crippen LogP contribution in [-0.4, -0.2) is 16.8 Å². The van der Waals surface area contributed by atoms with E-state index in [4.69, 9.17) is 4.42 Å². The Labute approximate surface area is 152 Å². The lowest BCUT2D eigenvalue weighted by molar-refractivity contribution is -0.119. The van der Waals surface area contributed by atoms with Gasteiger partial charge in [0, 0.05) is 18.7 Å². The molecule has 0 spiro atoms. The summed E-state index contributed by atoms with van der Waals surface area (Å²) >= 11 is 1.37. The van der Waals surface area contributed by atoms with Gasteiger partial charge in [0.25, 0.3) is 0 Å². The Morgan fingerprint density at radius 2 is 2.00 bits per heavy atom. The third kappa shape index (κ3) is 6.70. The van der Waals surface area contributed by atoms with E-state index in [1.807, 2.05) is 11.4 Å². The number of nitrogens with one attached hydrogen (secondary N) is 2. The number of carbonyl (C=O) groups excluding carboxylic acids is 2. The highest BCUT2D eigenvalue weighted by Crippen LogP contribution is 2.26. The molecule has 0 bridgehead atoms. The predicted octanol–water partition coefficient (Wildman–Crippen LogP) is 4.34. The molecular weight excluding hydrogens is 338 g/mol. The molecule has 6 nitrogen and oxygen atoms in total. The van der Waals surface area contributed by atoms with E-state index in [2.05, 4.69) is 22.5 Å². The molecule has 0 aromatic carbocycles. The highest BCUT2D eigenvalue weighted by molar-refractivity contribution is 7.14. The van der Waals surface area contributed by atoms with E-state index in [1.165, 1.54) is 37.5 Å². The molecule has 136 valence electrons. The molecule has 0 atom stereocenters. The van der Waals surface area contributed by atoms with Crippen LogP contribution in [-0.2, 0) is 16.1 Å². The van der Waals surface area contributed by atoms with Gasteiger partial charge in [0.15, 0.2) is 10.9 Å². The molecule has 2 N–H and O–H groups in total. The fraction of sp³-hybridized carbons (Fsp3) is 0.500. The van der Waals surface area contributed by atoms with Crippen LogP contribution in [0.2, 0.25) is 0 Å². The van der Waals surface area contributed by atoms with Crippen LogP contribution in [0.15, 0.2) is 21.9 Å². The van der Waals surface area contributed by atoms with Gasteiger partial charge in [-0.25, -0.2) is 4.98 Å². The van der Waals surface area contributed by atoms with Crippen LogP contribution in [0.4, 0.5) is 5.13 Å². The quantitative estimate of drug-likeness (QED) is 0.615. The first kappa shape index (κ1) is 19.2. The predicted molar refractivity (Wildman–Crippen MR) is 99.3 cm³/mol. The number of anilines is 1. The number of amides is 2. The normalized spacial score (nSPS) is 10.6. The molecule has 7 heteroatoms. The maximum absolute atomic E-state index is 11.9. The number of carbonyl (C=O) groups is 2. The molecule has 2 rings (SSSR count). The number of hydrogen-bond donors (Lipinski definition) is 2. The molecule has 25 heavy (non-hydrogen) atoms. The van der Waals surface area contributed by atoms with Crippen LogP contribution in [0, 0.1) is 0 Å². The van der Waals surface area contributed by atoms with E-state index in [0.29, 0.717) is 35.3 Å². The van der Waals surface area contributed by atoms with E-state index in [-0.39, 0.29) is 11.8 Å². The summed E-state index contributed by atoms with van der Waals surface area (Å²) in [4.78, 5) is 27.3. The highest BCUT2D eigenvalue weighted by Gasteiger charge is 2.11. The van der Waals surface area contributed by atoms with Crippen molar-refractivity contribution in [2.75, 3.05) is 5.32 Å². The van der Waals surface area contributed by atoms with Crippen molar-refractivity contribution in [2.45, 2.75) is 58.9 Å². The van der Waals surface area contributed by atoms with Crippen molar-refractivity contribution in [3.63, 3.8) is 0 Å². The third-order valence-corrected chi connectivity index (χ3v) is 4.44. The zero-order valence-electron chi connectivity index (χ0n) is 14.8. The minimum Gasteiger partial charge on any atom is -0.458 e. The Hall–Kier alpha value is -2.15. The largest absolute Gasteiger partial charge is 0.458 e. The van der Waals surface area contributed by atoms with E-state index < -0.39 is 0 Å². The number of furan rings is 1. The van der Waals surface area contributed by atoms with E-state index >= 15 is 0 Å². The molecule has 0 aliphatic heterocycles. The van der Waals surface area contributed by atoms with Gasteiger partial charge in [0.1, 0.15) is 11.5 Å². The number of rotatable bonds is 10. The van der Waals surface area contributed by atoms with Crippen molar-refractivity contribution < 1.29 is 14.0 Å². The topological polar surface area (TPSA) is 84.2 Å². The Balaban J connectivity index is 1.81. The summed E-state index contributed by atoms with van der Waals surface area (Å²) in [5.41, 5.74) is 0.678. The lowest BCUT2D eigenvalue weighted by atomic mass is 10.1. The van der Waals surface area contributed by atoms with Crippen LogP contribution in [0.3, 0.4) is 0 Å². The molecule has 0 fully saturated rings. The maximum Gasteiger partial charge on any atom is 0.226 e. The van der Waals surface area contributed by atoms with Gasteiger partial charge in [-0.3, -0.25) is 9.59 Å². The summed E-state index contributed by atoms with van der Waals surface area (Å²) in [6.07, 6.45) is 6.14. The Morgan fingerprint density at radius 3 is 2.76 bits per heavy atom. The van der Waals surface area contributed by atoms with Gasteiger partial charge in [-0.2, -0.15) is 0 Å². The van der Waals surface area contributed by atoms with Gasteiger partial charge in [-0.05, 0) is 18.6 Å². The van der Waals surface area contributed by atoms with E-state index in [9.17, 15) is 9.59 Å². The van der Waals surface area contributed by atoms with Crippen LogP contribution >= 0.6 is 11.3 Å². The second-order valence-corrected chi connectivity index (χ2v) is 6.78. The van der Waals surface area contributed by atoms with E-state index in [0.717, 1.165) is 12.8 Å². The van der Waals surface area contributed by atoms with Crippen LogP contribution in [0.25, 0.3) is 11.5 Å². The van der Waals surface area contributed by atoms with E-state index in [1.54, 1.807) is 6.07 Å². The van der Waals surface area contributed by atoms with Crippen LogP contribution < -0.4 is 10.6 Å². The average molecular weight is 363 g/mol. The fourth-order valence-electron chi connectivity index (χ4n) is 2.34. The van der Waals surface area contributed by atoms with Crippen molar-refractivity contribution in [3.8, 4) is 11.5 Å². The number of unbranched alkanes of at least 4 members (excludes halogenated alkanes) is 4. The minimum atomic E-state index is -0.105. The van der Waals surface area contributed by atoms with Gasteiger partial charge in [0.05, 0.1) is 6.54 Å². The van der Waals surface area contributed by atoms with Gasteiger partial charge in [-0.1, -0.05) is 32.6 Å². The maximum atomic E-state index is 11.9. The number of aromatic nitrogens is 1. The molecule has 0 unspecified atom stereocenters. The van der Waals surface area contributed by atoms with Crippen molar-refractivity contribution >= 4 is 28.3 Å². The van der Waals surface area contributed by atoms with Crippen LogP contribution in [0.1, 0.15) is 58.1 Å². The molecule has 0 saturated heterocycles. The second kappa shape index (κ2) is 9.98.